The minimum absolute atomic E-state index is 0.234. The first-order valence-electron chi connectivity index (χ1n) is 8.34. The van der Waals surface area contributed by atoms with Gasteiger partial charge in [-0.25, -0.2) is 8.42 Å². The number of carbonyl (C=O) groups is 1. The Balaban J connectivity index is 1.51. The highest BCUT2D eigenvalue weighted by molar-refractivity contribution is 7.94. The molecular formula is C20H15N3O3S2. The normalized spacial score (nSPS) is 11.3. The molecule has 2 N–H and O–H groups in total. The number of para-hydroxylation sites is 1. The van der Waals surface area contributed by atoms with Gasteiger partial charge in [-0.3, -0.25) is 14.5 Å². The summed E-state index contributed by atoms with van der Waals surface area (Å²) in [6, 6.07) is 18.8. The van der Waals surface area contributed by atoms with Gasteiger partial charge in [-0.05, 0) is 47.8 Å². The fourth-order valence-corrected chi connectivity index (χ4v) is 4.76. The molecule has 2 aromatic carbocycles. The van der Waals surface area contributed by atoms with Crippen molar-refractivity contribution in [2.45, 2.75) is 4.21 Å². The van der Waals surface area contributed by atoms with Crippen LogP contribution in [0, 0.1) is 0 Å². The molecule has 28 heavy (non-hydrogen) atoms. The highest BCUT2D eigenvalue weighted by Crippen LogP contribution is 2.23. The second-order valence-corrected chi connectivity index (χ2v) is 8.81. The van der Waals surface area contributed by atoms with Gasteiger partial charge in [0.15, 0.2) is 0 Å². The zero-order chi connectivity index (χ0) is 19.6. The van der Waals surface area contributed by atoms with Gasteiger partial charge < -0.3 is 5.32 Å². The van der Waals surface area contributed by atoms with E-state index in [0.717, 1.165) is 16.7 Å². The van der Waals surface area contributed by atoms with Crippen LogP contribution in [0.2, 0.25) is 0 Å². The first kappa shape index (κ1) is 18.1. The maximum Gasteiger partial charge on any atom is 0.271 e. The van der Waals surface area contributed by atoms with Gasteiger partial charge in [-0.15, -0.1) is 11.3 Å². The van der Waals surface area contributed by atoms with E-state index in [1.807, 2.05) is 24.3 Å². The number of nitrogens with zero attached hydrogens (tertiary/aromatic N) is 1. The minimum Gasteiger partial charge on any atom is -0.320 e. The zero-order valence-corrected chi connectivity index (χ0v) is 16.1. The number of benzene rings is 2. The molecule has 8 heteroatoms. The largest absolute Gasteiger partial charge is 0.320 e. The van der Waals surface area contributed by atoms with E-state index in [2.05, 4.69) is 15.0 Å². The van der Waals surface area contributed by atoms with Gasteiger partial charge in [0.25, 0.3) is 15.9 Å². The Labute approximate surface area is 165 Å². The summed E-state index contributed by atoms with van der Waals surface area (Å²) in [6.45, 7) is 0. The van der Waals surface area contributed by atoms with Gasteiger partial charge in [0.2, 0.25) is 0 Å². The summed E-state index contributed by atoms with van der Waals surface area (Å²) in [4.78, 5) is 16.9. The quantitative estimate of drug-likeness (QED) is 0.513. The van der Waals surface area contributed by atoms with E-state index in [9.17, 15) is 13.2 Å². The second kappa shape index (κ2) is 7.41. The first-order chi connectivity index (χ1) is 13.5. The molecule has 0 aliphatic heterocycles. The molecule has 0 aliphatic carbocycles. The van der Waals surface area contributed by atoms with Gasteiger partial charge in [-0.2, -0.15) is 0 Å². The molecule has 0 aliphatic rings. The van der Waals surface area contributed by atoms with Crippen LogP contribution in [0.1, 0.15) is 10.4 Å². The number of hydrogen-bond donors (Lipinski definition) is 2. The van der Waals surface area contributed by atoms with Gasteiger partial charge >= 0.3 is 0 Å². The molecule has 4 aromatic rings. The van der Waals surface area contributed by atoms with E-state index < -0.39 is 10.0 Å². The standard InChI is InChI=1S/C20H15N3O3S2/c24-20(22-17-6-1-4-14-5-2-12-21-19(14)17)15-8-10-16(11-9-15)23-28(25,26)18-7-3-13-27-18/h1-13,23H,(H,22,24). The summed E-state index contributed by atoms with van der Waals surface area (Å²) in [5.74, 6) is -0.300. The monoisotopic (exact) mass is 409 g/mol. The van der Waals surface area contributed by atoms with Crippen molar-refractivity contribution in [3.8, 4) is 0 Å². The topological polar surface area (TPSA) is 88.2 Å². The summed E-state index contributed by atoms with van der Waals surface area (Å²) in [6.07, 6.45) is 1.67. The predicted octanol–water partition coefficient (Wildman–Crippen LogP) is 4.35. The molecule has 0 spiro atoms. The zero-order valence-electron chi connectivity index (χ0n) is 14.5. The molecule has 2 heterocycles. The molecule has 0 saturated carbocycles. The number of nitrogens with one attached hydrogen (secondary N) is 2. The Kier molecular flexibility index (Phi) is 4.81. The van der Waals surface area contributed by atoms with E-state index in [4.69, 9.17) is 0 Å². The SMILES string of the molecule is O=C(Nc1cccc2cccnc12)c1ccc(NS(=O)(=O)c2cccs2)cc1. The second-order valence-electron chi connectivity index (χ2n) is 5.95. The Morgan fingerprint density at radius 3 is 2.46 bits per heavy atom. The van der Waals surface area contributed by atoms with Crippen LogP contribution in [-0.2, 0) is 10.0 Å². The van der Waals surface area contributed by atoms with Crippen molar-refractivity contribution >= 4 is 49.5 Å². The molecule has 6 nitrogen and oxygen atoms in total. The molecular weight excluding hydrogens is 394 g/mol. The Hall–Kier alpha value is -3.23. The van der Waals surface area contributed by atoms with Crippen molar-refractivity contribution in [1.29, 1.82) is 0 Å². The third-order valence-electron chi connectivity index (χ3n) is 4.04. The number of sulfonamides is 1. The van der Waals surface area contributed by atoms with Crippen LogP contribution in [-0.4, -0.2) is 19.3 Å². The average Bonchev–Trinajstić information content (AvgIpc) is 3.24. The molecule has 0 bridgehead atoms. The van der Waals surface area contributed by atoms with Crippen LogP contribution in [0.4, 0.5) is 11.4 Å². The third-order valence-corrected chi connectivity index (χ3v) is 6.82. The number of aromatic nitrogens is 1. The van der Waals surface area contributed by atoms with E-state index in [1.165, 1.54) is 6.07 Å². The van der Waals surface area contributed by atoms with Crippen LogP contribution in [0.15, 0.2) is 82.5 Å². The Bertz CT molecular complexity index is 1230. The highest BCUT2D eigenvalue weighted by Gasteiger charge is 2.15. The highest BCUT2D eigenvalue weighted by atomic mass is 32.2. The van der Waals surface area contributed by atoms with Crippen molar-refractivity contribution in [2.24, 2.45) is 0 Å². The average molecular weight is 409 g/mol. The van der Waals surface area contributed by atoms with E-state index in [0.29, 0.717) is 22.5 Å². The van der Waals surface area contributed by atoms with Gasteiger partial charge in [-0.1, -0.05) is 24.3 Å². The fourth-order valence-electron chi connectivity index (χ4n) is 2.71. The fraction of sp³-hybridized carbons (Fsp3) is 0. The molecule has 0 fully saturated rings. The van der Waals surface area contributed by atoms with E-state index in [-0.39, 0.29) is 10.1 Å². The lowest BCUT2D eigenvalue weighted by atomic mass is 10.1. The van der Waals surface area contributed by atoms with E-state index >= 15 is 0 Å². The molecule has 140 valence electrons. The van der Waals surface area contributed by atoms with Gasteiger partial charge in [0.1, 0.15) is 4.21 Å². The maximum absolute atomic E-state index is 12.6. The van der Waals surface area contributed by atoms with Crippen LogP contribution in [0.3, 0.4) is 0 Å². The number of fused-ring (bicyclic) bond motifs is 1. The Morgan fingerprint density at radius 1 is 0.929 bits per heavy atom. The number of carbonyl (C=O) groups excluding carboxylic acids is 1. The number of rotatable bonds is 5. The first-order valence-corrected chi connectivity index (χ1v) is 10.7. The molecule has 0 unspecified atom stereocenters. The lowest BCUT2D eigenvalue weighted by Crippen LogP contribution is -2.14. The molecule has 2 aromatic heterocycles. The van der Waals surface area contributed by atoms with Gasteiger partial charge in [0.05, 0.1) is 11.2 Å². The summed E-state index contributed by atoms with van der Waals surface area (Å²) in [5.41, 5.74) is 2.12. The van der Waals surface area contributed by atoms with Crippen molar-refractivity contribution in [3.05, 3.63) is 83.9 Å². The van der Waals surface area contributed by atoms with Crippen LogP contribution in [0.25, 0.3) is 10.9 Å². The lowest BCUT2D eigenvalue weighted by molar-refractivity contribution is 0.102. The lowest BCUT2D eigenvalue weighted by Gasteiger charge is -2.09. The van der Waals surface area contributed by atoms with Crippen molar-refractivity contribution in [1.82, 2.24) is 4.98 Å². The summed E-state index contributed by atoms with van der Waals surface area (Å²) in [5, 5.41) is 5.48. The molecule has 1 amide bonds. The van der Waals surface area contributed by atoms with Crippen molar-refractivity contribution in [2.75, 3.05) is 10.0 Å². The Morgan fingerprint density at radius 2 is 1.71 bits per heavy atom. The smallest absolute Gasteiger partial charge is 0.271 e. The van der Waals surface area contributed by atoms with Crippen LogP contribution in [0.5, 0.6) is 0 Å². The number of thiophene rings is 1. The van der Waals surface area contributed by atoms with Crippen molar-refractivity contribution in [3.63, 3.8) is 0 Å². The number of hydrogen-bond acceptors (Lipinski definition) is 5. The molecule has 0 radical (unpaired) electrons. The van der Waals surface area contributed by atoms with Gasteiger partial charge in [0, 0.05) is 22.8 Å². The summed E-state index contributed by atoms with van der Waals surface area (Å²) >= 11 is 1.14. The number of anilines is 2. The summed E-state index contributed by atoms with van der Waals surface area (Å²) in [7, 11) is -3.62. The van der Waals surface area contributed by atoms with Crippen molar-refractivity contribution < 1.29 is 13.2 Å². The third kappa shape index (κ3) is 3.73. The van der Waals surface area contributed by atoms with Crippen LogP contribution < -0.4 is 10.0 Å². The van der Waals surface area contributed by atoms with Crippen LogP contribution >= 0.6 is 11.3 Å². The molecule has 0 atom stereocenters. The van der Waals surface area contributed by atoms with E-state index in [1.54, 1.807) is 48.0 Å². The minimum atomic E-state index is -3.62. The maximum atomic E-state index is 12.6. The number of pyridine rings is 1. The molecule has 4 rings (SSSR count). The predicted molar refractivity (Wildman–Crippen MR) is 111 cm³/mol. The summed E-state index contributed by atoms with van der Waals surface area (Å²) < 4.78 is 27.3. The molecule has 0 saturated heterocycles. The number of amides is 1.